The molecule has 1 aromatic rings. The maximum Gasteiger partial charge on any atom is 0.247 e. The summed E-state index contributed by atoms with van der Waals surface area (Å²) in [5.74, 6) is -0.404. The molecule has 1 aliphatic heterocycles. The van der Waals surface area contributed by atoms with Crippen molar-refractivity contribution in [2.45, 2.75) is 4.90 Å². The van der Waals surface area contributed by atoms with Gasteiger partial charge in [-0.2, -0.15) is 0 Å². The first-order valence-corrected chi connectivity index (χ1v) is 5.70. The minimum Gasteiger partial charge on any atom is -0.399 e. The van der Waals surface area contributed by atoms with Crippen molar-refractivity contribution in [2.24, 2.45) is 5.73 Å². The topological polar surface area (TPSA) is 89.4 Å². The smallest absolute Gasteiger partial charge is 0.247 e. The van der Waals surface area contributed by atoms with Crippen LogP contribution < -0.4 is 16.4 Å². The molecule has 0 spiro atoms. The summed E-state index contributed by atoms with van der Waals surface area (Å²) >= 11 is 1.40. The molecule has 1 heterocycles. The SMILES string of the molecule is NCC(=O)N1C(=O)CSc2ccc(N)cc21. The number of imide groups is 1. The van der Waals surface area contributed by atoms with Crippen LogP contribution in [0.25, 0.3) is 0 Å². The van der Waals surface area contributed by atoms with Gasteiger partial charge in [0, 0.05) is 10.6 Å². The Morgan fingerprint density at radius 1 is 1.50 bits per heavy atom. The minimum absolute atomic E-state index is 0.190. The Labute approximate surface area is 96.8 Å². The van der Waals surface area contributed by atoms with Gasteiger partial charge >= 0.3 is 0 Å². The fraction of sp³-hybridized carbons (Fsp3) is 0.200. The summed E-state index contributed by atoms with van der Waals surface area (Å²) < 4.78 is 0. The molecule has 0 bridgehead atoms. The summed E-state index contributed by atoms with van der Waals surface area (Å²) in [5.41, 5.74) is 12.0. The molecular formula is C10H11N3O2S. The predicted molar refractivity (Wildman–Crippen MR) is 63.1 cm³/mol. The van der Waals surface area contributed by atoms with E-state index in [9.17, 15) is 9.59 Å². The minimum atomic E-state index is -0.405. The van der Waals surface area contributed by atoms with E-state index in [-0.39, 0.29) is 18.2 Å². The maximum atomic E-state index is 11.7. The van der Waals surface area contributed by atoms with E-state index in [0.717, 1.165) is 9.80 Å². The quantitative estimate of drug-likeness (QED) is 0.681. The highest BCUT2D eigenvalue weighted by Crippen LogP contribution is 2.36. The van der Waals surface area contributed by atoms with Crippen LogP contribution in [0, 0.1) is 0 Å². The number of carbonyl (C=O) groups excluding carboxylic acids is 2. The number of carbonyl (C=O) groups is 2. The summed E-state index contributed by atoms with van der Waals surface area (Å²) in [5, 5.41) is 0. The van der Waals surface area contributed by atoms with Crippen LogP contribution in [0.1, 0.15) is 0 Å². The van der Waals surface area contributed by atoms with E-state index in [1.807, 2.05) is 0 Å². The number of benzene rings is 1. The van der Waals surface area contributed by atoms with Crippen LogP contribution in [0.3, 0.4) is 0 Å². The molecule has 2 amide bonds. The molecule has 4 N–H and O–H groups in total. The van der Waals surface area contributed by atoms with Crippen molar-refractivity contribution >= 4 is 35.0 Å². The van der Waals surface area contributed by atoms with Crippen molar-refractivity contribution < 1.29 is 9.59 Å². The van der Waals surface area contributed by atoms with Gasteiger partial charge in [0.05, 0.1) is 18.0 Å². The third-order valence-corrected chi connectivity index (χ3v) is 3.30. The third-order valence-electron chi connectivity index (χ3n) is 2.25. The van der Waals surface area contributed by atoms with Gasteiger partial charge in [-0.15, -0.1) is 11.8 Å². The molecule has 0 aromatic heterocycles. The predicted octanol–water partition coefficient (Wildman–Crippen LogP) is 0.193. The molecule has 5 nitrogen and oxygen atoms in total. The van der Waals surface area contributed by atoms with Crippen molar-refractivity contribution in [3.05, 3.63) is 18.2 Å². The summed E-state index contributed by atoms with van der Waals surface area (Å²) in [6.45, 7) is -0.190. The number of nitrogens with two attached hydrogens (primary N) is 2. The second-order valence-corrected chi connectivity index (χ2v) is 4.36. The zero-order valence-electron chi connectivity index (χ0n) is 8.47. The van der Waals surface area contributed by atoms with Gasteiger partial charge in [0.15, 0.2) is 0 Å². The van der Waals surface area contributed by atoms with Crippen molar-refractivity contribution in [1.29, 1.82) is 0 Å². The molecule has 0 radical (unpaired) electrons. The van der Waals surface area contributed by atoms with Gasteiger partial charge in [-0.05, 0) is 18.2 Å². The Bertz CT molecular complexity index is 461. The monoisotopic (exact) mass is 237 g/mol. The van der Waals surface area contributed by atoms with E-state index < -0.39 is 5.91 Å². The number of rotatable bonds is 1. The Hall–Kier alpha value is -1.53. The van der Waals surface area contributed by atoms with E-state index in [1.54, 1.807) is 18.2 Å². The summed E-state index contributed by atoms with van der Waals surface area (Å²) in [7, 11) is 0. The fourth-order valence-corrected chi connectivity index (χ4v) is 2.40. The van der Waals surface area contributed by atoms with Crippen LogP contribution in [0.5, 0.6) is 0 Å². The summed E-state index contributed by atoms with van der Waals surface area (Å²) in [6.07, 6.45) is 0. The van der Waals surface area contributed by atoms with Crippen LogP contribution in [0.4, 0.5) is 11.4 Å². The number of anilines is 2. The highest BCUT2D eigenvalue weighted by molar-refractivity contribution is 8.00. The van der Waals surface area contributed by atoms with Gasteiger partial charge in [0.1, 0.15) is 0 Å². The lowest BCUT2D eigenvalue weighted by Gasteiger charge is -2.27. The molecule has 2 rings (SSSR count). The molecule has 1 aliphatic rings. The van der Waals surface area contributed by atoms with E-state index in [2.05, 4.69) is 0 Å². The lowest BCUT2D eigenvalue weighted by atomic mass is 10.2. The average molecular weight is 237 g/mol. The zero-order chi connectivity index (χ0) is 11.7. The molecule has 0 aliphatic carbocycles. The molecule has 84 valence electrons. The molecule has 0 fully saturated rings. The van der Waals surface area contributed by atoms with Gasteiger partial charge in [-0.1, -0.05) is 0 Å². The lowest BCUT2D eigenvalue weighted by Crippen LogP contribution is -2.43. The number of amides is 2. The Kier molecular flexibility index (Phi) is 2.84. The number of hydrogen-bond acceptors (Lipinski definition) is 5. The lowest BCUT2D eigenvalue weighted by molar-refractivity contribution is -0.124. The van der Waals surface area contributed by atoms with Crippen LogP contribution in [-0.2, 0) is 9.59 Å². The highest BCUT2D eigenvalue weighted by Gasteiger charge is 2.29. The second-order valence-electron chi connectivity index (χ2n) is 3.34. The van der Waals surface area contributed by atoms with Gasteiger partial charge in [-0.25, -0.2) is 4.90 Å². The van der Waals surface area contributed by atoms with Gasteiger partial charge in [0.25, 0.3) is 0 Å². The number of fused-ring (bicyclic) bond motifs is 1. The summed E-state index contributed by atoms with van der Waals surface area (Å²) in [4.78, 5) is 25.2. The van der Waals surface area contributed by atoms with Crippen LogP contribution >= 0.6 is 11.8 Å². The molecule has 6 heteroatoms. The molecular weight excluding hydrogens is 226 g/mol. The van der Waals surface area contributed by atoms with Crippen LogP contribution in [0.2, 0.25) is 0 Å². The fourth-order valence-electron chi connectivity index (χ4n) is 1.53. The van der Waals surface area contributed by atoms with E-state index in [4.69, 9.17) is 11.5 Å². The number of hydrogen-bond donors (Lipinski definition) is 2. The van der Waals surface area contributed by atoms with Gasteiger partial charge in [-0.3, -0.25) is 9.59 Å². The first kappa shape index (κ1) is 11.0. The number of nitrogens with zero attached hydrogens (tertiary/aromatic N) is 1. The Morgan fingerprint density at radius 3 is 2.94 bits per heavy atom. The first-order valence-electron chi connectivity index (χ1n) is 4.71. The largest absolute Gasteiger partial charge is 0.399 e. The third kappa shape index (κ3) is 1.77. The molecule has 16 heavy (non-hydrogen) atoms. The second kappa shape index (κ2) is 4.15. The van der Waals surface area contributed by atoms with E-state index in [0.29, 0.717) is 11.4 Å². The van der Waals surface area contributed by atoms with Gasteiger partial charge in [0.2, 0.25) is 11.8 Å². The van der Waals surface area contributed by atoms with Crippen molar-refractivity contribution in [3.63, 3.8) is 0 Å². The first-order chi connectivity index (χ1) is 7.63. The molecule has 0 saturated heterocycles. The zero-order valence-corrected chi connectivity index (χ0v) is 9.29. The standard InChI is InChI=1S/C10H11N3O2S/c11-4-9(14)13-7-3-6(12)1-2-8(7)16-5-10(13)15/h1-3H,4-5,11-12H2. The number of nitrogen functional groups attached to an aromatic ring is 1. The Balaban J connectivity index is 2.50. The molecule has 1 aromatic carbocycles. The average Bonchev–Trinajstić information content (AvgIpc) is 2.28. The normalized spacial score (nSPS) is 14.8. The number of thioether (sulfide) groups is 1. The highest BCUT2D eigenvalue weighted by atomic mass is 32.2. The summed E-state index contributed by atoms with van der Waals surface area (Å²) in [6, 6.07) is 5.16. The molecule has 0 unspecified atom stereocenters. The van der Waals surface area contributed by atoms with Crippen LogP contribution in [0.15, 0.2) is 23.1 Å². The van der Waals surface area contributed by atoms with Crippen molar-refractivity contribution in [1.82, 2.24) is 0 Å². The van der Waals surface area contributed by atoms with Gasteiger partial charge < -0.3 is 11.5 Å². The van der Waals surface area contributed by atoms with Crippen LogP contribution in [-0.4, -0.2) is 24.1 Å². The molecule has 0 saturated carbocycles. The van der Waals surface area contributed by atoms with Crippen molar-refractivity contribution in [3.8, 4) is 0 Å². The van der Waals surface area contributed by atoms with E-state index in [1.165, 1.54) is 11.8 Å². The van der Waals surface area contributed by atoms with E-state index >= 15 is 0 Å². The Morgan fingerprint density at radius 2 is 2.25 bits per heavy atom. The van der Waals surface area contributed by atoms with Crippen molar-refractivity contribution in [2.75, 3.05) is 22.9 Å². The molecule has 0 atom stereocenters. The maximum absolute atomic E-state index is 11.7.